The first-order valence-corrected chi connectivity index (χ1v) is 3.82. The molecule has 0 amide bonds. The largest absolute Gasteiger partial charge is 0.305 e. The lowest BCUT2D eigenvalue weighted by Gasteiger charge is -2.04. The normalized spacial score (nSPS) is 13.6. The van der Waals surface area contributed by atoms with E-state index in [1.165, 1.54) is 6.92 Å². The van der Waals surface area contributed by atoms with Gasteiger partial charge in [-0.1, -0.05) is 25.0 Å². The average molecular weight is 157 g/mol. The third-order valence-corrected chi connectivity index (χ3v) is 1.51. The first-order chi connectivity index (χ1) is 5.22. The second kappa shape index (κ2) is 5.82. The summed E-state index contributed by atoms with van der Waals surface area (Å²) >= 11 is 0. The Bertz CT molecular complexity index is 145. The van der Waals surface area contributed by atoms with Crippen LogP contribution in [0.15, 0.2) is 10.3 Å². The maximum Gasteiger partial charge on any atom is 0.156 e. The quantitative estimate of drug-likeness (QED) is 0.373. The number of unbranched alkanes of at least 4 members (excludes halogenated alkanes) is 1. The molecule has 0 heterocycles. The number of Topliss-reactive ketones (excluding diaryl/α,β-unsaturated/α-hetero) is 1. The number of carbonyl (C=O) groups excluding carboxylic acids is 1. The van der Waals surface area contributed by atoms with Crippen molar-refractivity contribution in [2.45, 2.75) is 39.2 Å². The molecular weight excluding hydrogens is 142 g/mol. The number of nitrogens with two attached hydrogens (primary N) is 1. The van der Waals surface area contributed by atoms with Gasteiger partial charge in [0.15, 0.2) is 5.78 Å². The fourth-order valence-corrected chi connectivity index (χ4v) is 0.820. The maximum atomic E-state index is 10.8. The van der Waals surface area contributed by atoms with Crippen LogP contribution >= 0.6 is 0 Å². The third kappa shape index (κ3) is 4.47. The molecule has 0 aliphatic rings. The average Bonchev–Trinajstić information content (AvgIpc) is 1.97. The van der Waals surface area contributed by atoms with E-state index in [-0.39, 0.29) is 11.8 Å². The lowest BCUT2D eigenvalue weighted by molar-refractivity contribution is -0.118. The van der Waals surface area contributed by atoms with Crippen molar-refractivity contribution in [1.82, 2.24) is 0 Å². The SMILES string of the molecule is CCCC[C@H](N=NN)C(C)=O. The van der Waals surface area contributed by atoms with E-state index in [0.717, 1.165) is 19.3 Å². The highest BCUT2D eigenvalue weighted by molar-refractivity contribution is 5.81. The molecule has 0 bridgehead atoms. The smallest absolute Gasteiger partial charge is 0.156 e. The predicted molar refractivity (Wildman–Crippen MR) is 43.0 cm³/mol. The molecule has 11 heavy (non-hydrogen) atoms. The number of hydrogen-bond acceptors (Lipinski definition) is 3. The van der Waals surface area contributed by atoms with Gasteiger partial charge in [-0.05, 0) is 13.3 Å². The minimum atomic E-state index is -0.319. The molecule has 0 aliphatic carbocycles. The molecule has 0 rings (SSSR count). The molecule has 0 aromatic rings. The number of carbonyl (C=O) groups is 1. The molecular formula is C7H15N3O. The Morgan fingerprint density at radius 1 is 1.64 bits per heavy atom. The van der Waals surface area contributed by atoms with Crippen molar-refractivity contribution in [2.24, 2.45) is 16.2 Å². The Kier molecular flexibility index (Phi) is 5.33. The van der Waals surface area contributed by atoms with E-state index in [0.29, 0.717) is 0 Å². The van der Waals surface area contributed by atoms with Gasteiger partial charge in [-0.25, -0.2) is 0 Å². The van der Waals surface area contributed by atoms with Crippen LogP contribution in [0.25, 0.3) is 0 Å². The van der Waals surface area contributed by atoms with E-state index >= 15 is 0 Å². The van der Waals surface area contributed by atoms with Gasteiger partial charge in [0.1, 0.15) is 6.04 Å². The molecule has 0 spiro atoms. The van der Waals surface area contributed by atoms with Crippen molar-refractivity contribution in [2.75, 3.05) is 0 Å². The molecule has 0 radical (unpaired) electrons. The Morgan fingerprint density at radius 3 is 2.64 bits per heavy atom. The molecule has 2 N–H and O–H groups in total. The first-order valence-electron chi connectivity index (χ1n) is 3.82. The highest BCUT2D eigenvalue weighted by atomic mass is 16.1. The second-order valence-electron chi connectivity index (χ2n) is 2.50. The maximum absolute atomic E-state index is 10.8. The van der Waals surface area contributed by atoms with Gasteiger partial charge in [-0.3, -0.25) is 4.79 Å². The van der Waals surface area contributed by atoms with Crippen LogP contribution in [0.1, 0.15) is 33.1 Å². The molecule has 4 nitrogen and oxygen atoms in total. The summed E-state index contributed by atoms with van der Waals surface area (Å²) in [5.74, 6) is 4.88. The van der Waals surface area contributed by atoms with Crippen molar-refractivity contribution in [1.29, 1.82) is 0 Å². The van der Waals surface area contributed by atoms with Gasteiger partial charge >= 0.3 is 0 Å². The Balaban J connectivity index is 3.79. The molecule has 0 unspecified atom stereocenters. The zero-order valence-corrected chi connectivity index (χ0v) is 7.08. The van der Waals surface area contributed by atoms with Crippen LogP contribution in [0.5, 0.6) is 0 Å². The molecule has 0 aliphatic heterocycles. The molecule has 0 fully saturated rings. The van der Waals surface area contributed by atoms with Crippen molar-refractivity contribution in [3.8, 4) is 0 Å². The standard InChI is InChI=1S/C7H15N3O/c1-3-4-5-7(6(2)11)9-10-8/h7H,3-5H2,1-2H3,(H2,8,9)/t7-/m0/s1. The summed E-state index contributed by atoms with van der Waals surface area (Å²) in [5, 5.41) is 6.73. The Labute approximate surface area is 66.8 Å². The molecule has 64 valence electrons. The summed E-state index contributed by atoms with van der Waals surface area (Å²) in [6.07, 6.45) is 2.81. The van der Waals surface area contributed by atoms with Gasteiger partial charge in [-0.15, -0.1) is 0 Å². The summed E-state index contributed by atoms with van der Waals surface area (Å²) in [5.41, 5.74) is 0. The van der Waals surface area contributed by atoms with E-state index in [1.54, 1.807) is 0 Å². The van der Waals surface area contributed by atoms with Crippen LogP contribution in [-0.2, 0) is 4.79 Å². The summed E-state index contributed by atoms with van der Waals surface area (Å²) in [7, 11) is 0. The van der Waals surface area contributed by atoms with Crippen molar-refractivity contribution < 1.29 is 4.79 Å². The van der Waals surface area contributed by atoms with E-state index < -0.39 is 0 Å². The van der Waals surface area contributed by atoms with Crippen LogP contribution in [0.4, 0.5) is 0 Å². The number of nitrogens with zero attached hydrogens (tertiary/aromatic N) is 2. The highest BCUT2D eigenvalue weighted by Gasteiger charge is 2.11. The zero-order chi connectivity index (χ0) is 8.69. The van der Waals surface area contributed by atoms with Gasteiger partial charge in [0, 0.05) is 0 Å². The fourth-order valence-electron chi connectivity index (χ4n) is 0.820. The molecule has 0 aromatic carbocycles. The van der Waals surface area contributed by atoms with Gasteiger partial charge in [0.25, 0.3) is 0 Å². The van der Waals surface area contributed by atoms with Crippen molar-refractivity contribution in [3.05, 3.63) is 0 Å². The summed E-state index contributed by atoms with van der Waals surface area (Å²) in [6, 6.07) is -0.319. The van der Waals surface area contributed by atoms with E-state index in [9.17, 15) is 4.79 Å². The number of hydrogen-bond donors (Lipinski definition) is 1. The lowest BCUT2D eigenvalue weighted by Crippen LogP contribution is -2.14. The second-order valence-corrected chi connectivity index (χ2v) is 2.50. The van der Waals surface area contributed by atoms with Gasteiger partial charge in [0.2, 0.25) is 0 Å². The molecule has 4 heteroatoms. The van der Waals surface area contributed by atoms with Crippen LogP contribution in [0.3, 0.4) is 0 Å². The summed E-state index contributed by atoms with van der Waals surface area (Å²) < 4.78 is 0. The van der Waals surface area contributed by atoms with Gasteiger partial charge < -0.3 is 5.84 Å². The fraction of sp³-hybridized carbons (Fsp3) is 0.857. The molecule has 0 saturated carbocycles. The Hall–Kier alpha value is -0.930. The zero-order valence-electron chi connectivity index (χ0n) is 7.08. The van der Waals surface area contributed by atoms with Crippen molar-refractivity contribution >= 4 is 5.78 Å². The van der Waals surface area contributed by atoms with Gasteiger partial charge in [0.05, 0.1) is 0 Å². The van der Waals surface area contributed by atoms with Crippen molar-refractivity contribution in [3.63, 3.8) is 0 Å². The summed E-state index contributed by atoms with van der Waals surface area (Å²) in [6.45, 7) is 3.58. The predicted octanol–water partition coefficient (Wildman–Crippen LogP) is 1.46. The third-order valence-electron chi connectivity index (χ3n) is 1.51. The topological polar surface area (TPSA) is 67.8 Å². The highest BCUT2D eigenvalue weighted by Crippen LogP contribution is 2.05. The Morgan fingerprint density at radius 2 is 2.27 bits per heavy atom. The van der Waals surface area contributed by atoms with E-state index in [2.05, 4.69) is 17.3 Å². The first kappa shape index (κ1) is 10.1. The van der Waals surface area contributed by atoms with Crippen LogP contribution in [0, 0.1) is 0 Å². The van der Waals surface area contributed by atoms with E-state index in [4.69, 9.17) is 5.84 Å². The number of ketones is 1. The monoisotopic (exact) mass is 157 g/mol. The van der Waals surface area contributed by atoms with E-state index in [1.807, 2.05) is 0 Å². The summed E-state index contributed by atoms with van der Waals surface area (Å²) in [4.78, 5) is 10.8. The minimum Gasteiger partial charge on any atom is -0.305 e. The minimum absolute atomic E-state index is 0.0349. The van der Waals surface area contributed by atoms with Crippen LogP contribution in [-0.4, -0.2) is 11.8 Å². The molecule has 1 atom stereocenters. The number of rotatable bonds is 5. The molecule has 0 saturated heterocycles. The van der Waals surface area contributed by atoms with Gasteiger partial charge in [-0.2, -0.15) is 5.11 Å². The van der Waals surface area contributed by atoms with Crippen LogP contribution < -0.4 is 5.84 Å². The lowest BCUT2D eigenvalue weighted by atomic mass is 10.1. The molecule has 0 aromatic heterocycles. The van der Waals surface area contributed by atoms with Crippen LogP contribution in [0.2, 0.25) is 0 Å².